The molecule has 3 aliphatic carbocycles. The molecule has 188 valence electrons. The Bertz CT molecular complexity index is 1220. The lowest BCUT2D eigenvalue weighted by Crippen LogP contribution is -2.62. The number of hydroxylamine groups is 4. The Labute approximate surface area is 198 Å². The molecule has 0 saturated carbocycles. The van der Waals surface area contributed by atoms with Crippen LogP contribution in [0.5, 0.6) is 11.5 Å². The second-order valence-corrected chi connectivity index (χ2v) is 9.71. The van der Waals surface area contributed by atoms with Gasteiger partial charge in [0.25, 0.3) is 0 Å². The molecule has 5 rings (SSSR count). The third-order valence-corrected chi connectivity index (χ3v) is 8.00. The number of benzene rings is 1. The molecule has 35 heavy (non-hydrogen) atoms. The number of ketones is 2. The number of fused-ring (bicyclic) bond motifs is 3. The smallest absolute Gasteiger partial charge is 0.201 e. The number of carbonyl (C=O) groups is 2. The summed E-state index contributed by atoms with van der Waals surface area (Å²) in [7, 11) is 0. The number of Topliss-reactive ketones (excluding diaryl/α,β-unsaturated/α-hetero) is 2. The molecule has 3 unspecified atom stereocenters. The first-order valence-electron chi connectivity index (χ1n) is 11.3. The third-order valence-electron chi connectivity index (χ3n) is 8.00. The first-order chi connectivity index (χ1) is 16.4. The highest BCUT2D eigenvalue weighted by Gasteiger charge is 2.62. The van der Waals surface area contributed by atoms with Crippen molar-refractivity contribution in [1.82, 2.24) is 10.3 Å². The van der Waals surface area contributed by atoms with Crippen LogP contribution in [0.3, 0.4) is 0 Å². The molecule has 12 nitrogen and oxygen atoms in total. The van der Waals surface area contributed by atoms with Gasteiger partial charge >= 0.3 is 0 Å². The summed E-state index contributed by atoms with van der Waals surface area (Å²) in [6, 6.07) is -1.08. The number of nitrogens with zero attached hydrogens (tertiary/aromatic N) is 2. The van der Waals surface area contributed by atoms with Gasteiger partial charge in [-0.15, -0.1) is 0 Å². The van der Waals surface area contributed by atoms with Crippen LogP contribution in [0.2, 0.25) is 0 Å². The Hall–Kier alpha value is -3.00. The minimum atomic E-state index is -2.72. The number of hydrogen-bond acceptors (Lipinski definition) is 12. The van der Waals surface area contributed by atoms with Gasteiger partial charge in [-0.05, 0) is 44.6 Å². The van der Waals surface area contributed by atoms with Crippen molar-refractivity contribution in [2.75, 3.05) is 6.54 Å². The molecular formula is C23H26N2O10. The summed E-state index contributed by atoms with van der Waals surface area (Å²) < 4.78 is 0. The van der Waals surface area contributed by atoms with E-state index in [4.69, 9.17) is 0 Å². The van der Waals surface area contributed by atoms with E-state index in [1.807, 2.05) is 0 Å². The highest BCUT2D eigenvalue weighted by atomic mass is 16.8. The largest absolute Gasteiger partial charge is 0.510 e. The standard InChI is InChI=1S/C23H26N2O10/c1-8-18(27)17(25(34)35)12-6-9-5-11-16(20(29)15(9)22(31)23(12,32)21(8)30)14(26)7-10(19(11)28)13-3-2-4-24(13)33/h7,9,12-13,17,26-28,31-35H,2-6H2,1H3/t9?,12-,13?,17?,23+/m0/s1. The summed E-state index contributed by atoms with van der Waals surface area (Å²) in [5.41, 5.74) is -3.43. The van der Waals surface area contributed by atoms with Crippen molar-refractivity contribution in [2.24, 2.45) is 11.8 Å². The molecule has 8 N–H and O–H groups in total. The number of aliphatic hydroxyl groups is 3. The Kier molecular flexibility index (Phi) is 5.25. The van der Waals surface area contributed by atoms with Crippen LogP contribution in [0.15, 0.2) is 28.7 Å². The topological polar surface area (TPSA) is 202 Å². The average molecular weight is 490 g/mol. The molecule has 0 aromatic heterocycles. The van der Waals surface area contributed by atoms with Gasteiger partial charge in [0, 0.05) is 34.7 Å². The highest BCUT2D eigenvalue weighted by Crippen LogP contribution is 2.54. The van der Waals surface area contributed by atoms with Gasteiger partial charge in [0.05, 0.1) is 11.6 Å². The van der Waals surface area contributed by atoms with E-state index in [-0.39, 0.29) is 46.1 Å². The van der Waals surface area contributed by atoms with Crippen molar-refractivity contribution in [3.8, 4) is 11.5 Å². The maximum atomic E-state index is 13.5. The highest BCUT2D eigenvalue weighted by molar-refractivity contribution is 6.15. The summed E-state index contributed by atoms with van der Waals surface area (Å²) in [5.74, 6) is -6.78. The summed E-state index contributed by atoms with van der Waals surface area (Å²) in [6.45, 7) is 1.51. The van der Waals surface area contributed by atoms with Crippen molar-refractivity contribution in [1.29, 1.82) is 0 Å². The second kappa shape index (κ2) is 7.75. The average Bonchev–Trinajstić information content (AvgIpc) is 3.22. The van der Waals surface area contributed by atoms with Gasteiger partial charge in [-0.1, -0.05) is 5.23 Å². The Balaban J connectivity index is 1.68. The molecule has 1 heterocycles. The van der Waals surface area contributed by atoms with Crippen LogP contribution < -0.4 is 0 Å². The minimum absolute atomic E-state index is 0.0803. The van der Waals surface area contributed by atoms with Crippen molar-refractivity contribution in [3.05, 3.63) is 45.4 Å². The Morgan fingerprint density at radius 1 is 1.14 bits per heavy atom. The molecule has 0 radical (unpaired) electrons. The predicted octanol–water partition coefficient (Wildman–Crippen LogP) is 1.41. The molecule has 0 amide bonds. The number of phenolic OH excluding ortho intramolecular Hbond substituents is 2. The van der Waals surface area contributed by atoms with Crippen molar-refractivity contribution < 1.29 is 50.7 Å². The first kappa shape index (κ1) is 23.7. The van der Waals surface area contributed by atoms with Crippen LogP contribution in [0.25, 0.3) is 0 Å². The van der Waals surface area contributed by atoms with E-state index < -0.39 is 63.9 Å². The van der Waals surface area contributed by atoms with Gasteiger partial charge < -0.3 is 30.7 Å². The third kappa shape index (κ3) is 3.01. The fraction of sp³-hybridized carbons (Fsp3) is 0.478. The molecule has 1 fully saturated rings. The Morgan fingerprint density at radius 2 is 1.83 bits per heavy atom. The number of aliphatic hydroxyl groups excluding tert-OH is 2. The van der Waals surface area contributed by atoms with Gasteiger partial charge in [-0.3, -0.25) is 20.0 Å². The van der Waals surface area contributed by atoms with Crippen molar-refractivity contribution >= 4 is 11.6 Å². The van der Waals surface area contributed by atoms with Gasteiger partial charge in [0.2, 0.25) is 5.78 Å². The summed E-state index contributed by atoms with van der Waals surface area (Å²) >= 11 is 0. The summed E-state index contributed by atoms with van der Waals surface area (Å²) in [4.78, 5) is 26.4. The van der Waals surface area contributed by atoms with Gasteiger partial charge in [-0.2, -0.15) is 5.06 Å². The fourth-order valence-corrected chi connectivity index (χ4v) is 6.26. The molecule has 12 heteroatoms. The van der Waals surface area contributed by atoms with E-state index in [1.54, 1.807) is 0 Å². The van der Waals surface area contributed by atoms with Crippen molar-refractivity contribution in [3.63, 3.8) is 0 Å². The van der Waals surface area contributed by atoms with Crippen molar-refractivity contribution in [2.45, 2.75) is 50.3 Å². The van der Waals surface area contributed by atoms with Crippen LogP contribution in [0, 0.1) is 11.8 Å². The second-order valence-electron chi connectivity index (χ2n) is 9.71. The summed E-state index contributed by atoms with van der Waals surface area (Å²) in [6.07, 6.45) is 0.829. The monoisotopic (exact) mass is 490 g/mol. The molecule has 1 aromatic rings. The Morgan fingerprint density at radius 3 is 2.43 bits per heavy atom. The van der Waals surface area contributed by atoms with E-state index in [9.17, 15) is 50.7 Å². The zero-order chi connectivity index (χ0) is 25.6. The maximum Gasteiger partial charge on any atom is 0.201 e. The SMILES string of the molecule is CC1=C(O)C(N(O)O)[C@@H]2CC3Cc4c(O)c(C5CCCN5O)cc(O)c4C(=O)C3=C(O)[C@]2(O)C1=O. The molecule has 0 bridgehead atoms. The van der Waals surface area contributed by atoms with Crippen LogP contribution in [0.4, 0.5) is 0 Å². The number of carbonyl (C=O) groups excluding carboxylic acids is 2. The maximum absolute atomic E-state index is 13.5. The molecule has 1 aliphatic heterocycles. The van der Waals surface area contributed by atoms with Crippen LogP contribution in [-0.2, 0) is 11.2 Å². The van der Waals surface area contributed by atoms with Crippen LogP contribution >= 0.6 is 0 Å². The number of rotatable bonds is 2. The number of phenols is 2. The zero-order valence-corrected chi connectivity index (χ0v) is 18.7. The normalized spacial score (nSPS) is 33.3. The van der Waals surface area contributed by atoms with E-state index in [0.717, 1.165) is 12.0 Å². The molecule has 1 aromatic carbocycles. The zero-order valence-electron chi connectivity index (χ0n) is 18.7. The van der Waals surface area contributed by atoms with Crippen LogP contribution in [0.1, 0.15) is 53.7 Å². The molecule has 0 spiro atoms. The first-order valence-corrected chi connectivity index (χ1v) is 11.3. The van der Waals surface area contributed by atoms with E-state index in [1.165, 1.54) is 6.07 Å². The van der Waals surface area contributed by atoms with E-state index >= 15 is 0 Å². The number of allylic oxidation sites excluding steroid dienone is 1. The molecule has 1 saturated heterocycles. The van der Waals surface area contributed by atoms with Crippen LogP contribution in [-0.4, -0.2) is 81.2 Å². The quantitative estimate of drug-likeness (QED) is 0.219. The number of aromatic hydroxyl groups is 2. The van der Waals surface area contributed by atoms with E-state index in [2.05, 4.69) is 0 Å². The predicted molar refractivity (Wildman–Crippen MR) is 114 cm³/mol. The van der Waals surface area contributed by atoms with Gasteiger partial charge in [-0.25, -0.2) is 0 Å². The number of hydrogen-bond donors (Lipinski definition) is 8. The van der Waals surface area contributed by atoms with Gasteiger partial charge in [0.1, 0.15) is 29.1 Å². The lowest BCUT2D eigenvalue weighted by molar-refractivity contribution is -0.343. The fourth-order valence-electron chi connectivity index (χ4n) is 6.26. The molecular weight excluding hydrogens is 464 g/mol. The lowest BCUT2D eigenvalue weighted by atomic mass is 9.59. The van der Waals surface area contributed by atoms with Gasteiger partial charge in [0.15, 0.2) is 11.4 Å². The summed E-state index contributed by atoms with van der Waals surface area (Å²) in [5, 5.41) is 84.9. The minimum Gasteiger partial charge on any atom is -0.510 e. The lowest BCUT2D eigenvalue weighted by Gasteiger charge is -2.49. The molecule has 5 atom stereocenters. The molecule has 4 aliphatic rings. The van der Waals surface area contributed by atoms with E-state index in [0.29, 0.717) is 19.4 Å².